The summed E-state index contributed by atoms with van der Waals surface area (Å²) in [5.74, 6) is 0.593. The summed E-state index contributed by atoms with van der Waals surface area (Å²) in [6.07, 6.45) is -0.445. The second kappa shape index (κ2) is 4.97. The highest BCUT2D eigenvalue weighted by molar-refractivity contribution is 5.80. The third-order valence-corrected chi connectivity index (χ3v) is 2.59. The van der Waals surface area contributed by atoms with Gasteiger partial charge in [-0.15, -0.1) is 0 Å². The van der Waals surface area contributed by atoms with E-state index in [2.05, 4.69) is 15.3 Å². The number of benzene rings is 1. The molecule has 2 N–H and O–H groups in total. The Bertz CT molecular complexity index is 488. The van der Waals surface area contributed by atoms with Crippen molar-refractivity contribution >= 4 is 16.9 Å². The van der Waals surface area contributed by atoms with Gasteiger partial charge < -0.3 is 15.0 Å². The Morgan fingerprint density at radius 2 is 2.29 bits per heavy atom. The van der Waals surface area contributed by atoms with Gasteiger partial charge in [0, 0.05) is 7.11 Å². The first-order valence-electron chi connectivity index (χ1n) is 5.45. The minimum absolute atomic E-state index is 0.145. The van der Waals surface area contributed by atoms with Gasteiger partial charge in [0.25, 0.3) is 0 Å². The molecular weight excluding hydrogens is 218 g/mol. The molecule has 1 aromatic carbocycles. The van der Waals surface area contributed by atoms with Crippen LogP contribution in [0.15, 0.2) is 24.3 Å². The Morgan fingerprint density at radius 3 is 3.00 bits per heavy atom. The highest BCUT2D eigenvalue weighted by Gasteiger charge is 2.11. The fraction of sp³-hybridized carbons (Fsp3) is 0.333. The minimum atomic E-state index is -0.445. The molecule has 0 saturated heterocycles. The van der Waals surface area contributed by atoms with E-state index < -0.39 is 6.10 Å². The lowest BCUT2D eigenvalue weighted by atomic mass is 10.3. The number of para-hydroxylation sites is 2. The van der Waals surface area contributed by atoms with Gasteiger partial charge in [0.2, 0.25) is 5.91 Å². The summed E-state index contributed by atoms with van der Waals surface area (Å²) in [5, 5.41) is 2.75. The maximum atomic E-state index is 11.5. The van der Waals surface area contributed by atoms with Crippen LogP contribution in [0, 0.1) is 0 Å². The van der Waals surface area contributed by atoms with Crippen molar-refractivity contribution < 1.29 is 9.53 Å². The lowest BCUT2D eigenvalue weighted by Crippen LogP contribution is -2.33. The van der Waals surface area contributed by atoms with Crippen LogP contribution in [0.3, 0.4) is 0 Å². The summed E-state index contributed by atoms with van der Waals surface area (Å²) in [4.78, 5) is 19.0. The summed E-state index contributed by atoms with van der Waals surface area (Å²) >= 11 is 0. The van der Waals surface area contributed by atoms with E-state index in [-0.39, 0.29) is 5.91 Å². The summed E-state index contributed by atoms with van der Waals surface area (Å²) < 4.78 is 4.92. The summed E-state index contributed by atoms with van der Waals surface area (Å²) in [7, 11) is 1.51. The average molecular weight is 233 g/mol. The Labute approximate surface area is 99.2 Å². The molecule has 0 radical (unpaired) electrons. The number of carbonyl (C=O) groups excluding carboxylic acids is 1. The molecule has 0 aliphatic heterocycles. The number of aromatic amines is 1. The number of amides is 1. The van der Waals surface area contributed by atoms with Crippen molar-refractivity contribution in [3.63, 3.8) is 0 Å². The van der Waals surface area contributed by atoms with E-state index >= 15 is 0 Å². The van der Waals surface area contributed by atoms with Gasteiger partial charge in [0.1, 0.15) is 11.9 Å². The van der Waals surface area contributed by atoms with Crippen LogP contribution in [0.1, 0.15) is 12.7 Å². The molecule has 2 aromatic rings. The largest absolute Gasteiger partial charge is 0.372 e. The van der Waals surface area contributed by atoms with Crippen molar-refractivity contribution in [1.29, 1.82) is 0 Å². The second-order valence-electron chi connectivity index (χ2n) is 3.80. The second-order valence-corrected chi connectivity index (χ2v) is 3.80. The van der Waals surface area contributed by atoms with Gasteiger partial charge in [0.15, 0.2) is 0 Å². The lowest BCUT2D eigenvalue weighted by Gasteiger charge is -2.08. The number of hydrogen-bond acceptors (Lipinski definition) is 3. The summed E-state index contributed by atoms with van der Waals surface area (Å²) in [6, 6.07) is 7.74. The number of nitrogens with zero attached hydrogens (tertiary/aromatic N) is 1. The first-order valence-corrected chi connectivity index (χ1v) is 5.45. The number of nitrogens with one attached hydrogen (secondary N) is 2. The van der Waals surface area contributed by atoms with Gasteiger partial charge in [-0.1, -0.05) is 12.1 Å². The van der Waals surface area contributed by atoms with Crippen LogP contribution in [-0.4, -0.2) is 29.1 Å². The van der Waals surface area contributed by atoms with Crippen LogP contribution in [0.4, 0.5) is 0 Å². The number of fused-ring (bicyclic) bond motifs is 1. The number of carbonyl (C=O) groups is 1. The van der Waals surface area contributed by atoms with Crippen LogP contribution in [0.5, 0.6) is 0 Å². The van der Waals surface area contributed by atoms with Crippen LogP contribution < -0.4 is 5.32 Å². The Hall–Kier alpha value is -1.88. The van der Waals surface area contributed by atoms with Gasteiger partial charge in [0.05, 0.1) is 17.6 Å². The van der Waals surface area contributed by atoms with Gasteiger partial charge in [-0.2, -0.15) is 0 Å². The summed E-state index contributed by atoms with van der Waals surface area (Å²) in [5.41, 5.74) is 1.87. The van der Waals surface area contributed by atoms with E-state index in [4.69, 9.17) is 4.74 Å². The van der Waals surface area contributed by atoms with E-state index in [0.29, 0.717) is 6.54 Å². The third-order valence-electron chi connectivity index (χ3n) is 2.59. The van der Waals surface area contributed by atoms with E-state index in [1.807, 2.05) is 24.3 Å². The predicted octanol–water partition coefficient (Wildman–Crippen LogP) is 1.21. The van der Waals surface area contributed by atoms with Crippen LogP contribution in [0.2, 0.25) is 0 Å². The van der Waals surface area contributed by atoms with E-state index in [0.717, 1.165) is 16.9 Å². The van der Waals surface area contributed by atoms with Gasteiger partial charge in [-0.3, -0.25) is 4.79 Å². The van der Waals surface area contributed by atoms with Crippen molar-refractivity contribution in [3.05, 3.63) is 30.1 Å². The molecule has 1 aromatic heterocycles. The van der Waals surface area contributed by atoms with Gasteiger partial charge in [-0.25, -0.2) is 4.98 Å². The van der Waals surface area contributed by atoms with Crippen molar-refractivity contribution in [1.82, 2.24) is 15.3 Å². The molecule has 1 unspecified atom stereocenters. The predicted molar refractivity (Wildman–Crippen MR) is 64.4 cm³/mol. The normalized spacial score (nSPS) is 12.6. The molecule has 2 rings (SSSR count). The van der Waals surface area contributed by atoms with Gasteiger partial charge >= 0.3 is 0 Å². The molecule has 0 bridgehead atoms. The molecule has 0 spiro atoms. The lowest BCUT2D eigenvalue weighted by molar-refractivity contribution is -0.130. The van der Waals surface area contributed by atoms with Gasteiger partial charge in [-0.05, 0) is 19.1 Å². The summed E-state index contributed by atoms with van der Waals surface area (Å²) in [6.45, 7) is 2.08. The molecule has 17 heavy (non-hydrogen) atoms. The van der Waals surface area contributed by atoms with E-state index in [1.54, 1.807) is 6.92 Å². The number of H-pyrrole nitrogens is 1. The van der Waals surface area contributed by atoms with E-state index in [1.165, 1.54) is 7.11 Å². The fourth-order valence-electron chi connectivity index (χ4n) is 1.51. The number of methoxy groups -OCH3 is 1. The SMILES string of the molecule is COC(C)C(=O)NCc1nc2ccccc2[nH]1. The topological polar surface area (TPSA) is 67.0 Å². The average Bonchev–Trinajstić information content (AvgIpc) is 2.77. The number of ether oxygens (including phenoxy) is 1. The standard InChI is InChI=1S/C12H15N3O2/c1-8(17-2)12(16)13-7-11-14-9-5-3-4-6-10(9)15-11/h3-6,8H,7H2,1-2H3,(H,13,16)(H,14,15). The van der Waals surface area contributed by atoms with E-state index in [9.17, 15) is 4.79 Å². The Morgan fingerprint density at radius 1 is 1.53 bits per heavy atom. The molecule has 0 fully saturated rings. The van der Waals surface area contributed by atoms with Crippen LogP contribution >= 0.6 is 0 Å². The molecule has 1 heterocycles. The van der Waals surface area contributed by atoms with Crippen molar-refractivity contribution in [2.24, 2.45) is 0 Å². The molecule has 1 amide bonds. The smallest absolute Gasteiger partial charge is 0.249 e. The Kier molecular flexibility index (Phi) is 3.39. The highest BCUT2D eigenvalue weighted by atomic mass is 16.5. The molecule has 5 nitrogen and oxygen atoms in total. The minimum Gasteiger partial charge on any atom is -0.372 e. The molecule has 1 atom stereocenters. The molecule has 0 aliphatic carbocycles. The zero-order valence-electron chi connectivity index (χ0n) is 9.86. The number of rotatable bonds is 4. The molecule has 0 saturated carbocycles. The molecule has 90 valence electrons. The third kappa shape index (κ3) is 2.62. The van der Waals surface area contributed by atoms with Crippen molar-refractivity contribution in [3.8, 4) is 0 Å². The maximum Gasteiger partial charge on any atom is 0.249 e. The van der Waals surface area contributed by atoms with Crippen LogP contribution in [0.25, 0.3) is 11.0 Å². The van der Waals surface area contributed by atoms with Crippen molar-refractivity contribution in [2.75, 3.05) is 7.11 Å². The quantitative estimate of drug-likeness (QED) is 0.834. The zero-order chi connectivity index (χ0) is 12.3. The molecule has 5 heteroatoms. The van der Waals surface area contributed by atoms with Crippen molar-refractivity contribution in [2.45, 2.75) is 19.6 Å². The fourth-order valence-corrected chi connectivity index (χ4v) is 1.51. The first kappa shape index (κ1) is 11.6. The highest BCUT2D eigenvalue weighted by Crippen LogP contribution is 2.09. The number of aromatic nitrogens is 2. The molecule has 0 aliphatic rings. The van der Waals surface area contributed by atoms with Crippen LogP contribution in [-0.2, 0) is 16.1 Å². The monoisotopic (exact) mass is 233 g/mol. The number of imidazole rings is 1. The molecular formula is C12H15N3O2. The first-order chi connectivity index (χ1) is 8.20. The maximum absolute atomic E-state index is 11.5. The zero-order valence-corrected chi connectivity index (χ0v) is 9.86. The number of hydrogen-bond donors (Lipinski definition) is 2. The Balaban J connectivity index is 2.02.